The first-order valence-electron chi connectivity index (χ1n) is 5.08. The predicted octanol–water partition coefficient (Wildman–Crippen LogP) is 4.85. The van der Waals surface area contributed by atoms with Gasteiger partial charge in [0.25, 0.3) is 0 Å². The zero-order valence-electron chi connectivity index (χ0n) is 8.88. The highest BCUT2D eigenvalue weighted by Crippen LogP contribution is 2.20. The van der Waals surface area contributed by atoms with Gasteiger partial charge in [0.2, 0.25) is 0 Å². The summed E-state index contributed by atoms with van der Waals surface area (Å²) in [5, 5.41) is 3.93. The van der Waals surface area contributed by atoms with Gasteiger partial charge in [-0.3, -0.25) is 0 Å². The van der Waals surface area contributed by atoms with Gasteiger partial charge < -0.3 is 5.32 Å². The van der Waals surface area contributed by atoms with E-state index in [1.165, 1.54) is 6.07 Å². The van der Waals surface area contributed by atoms with Crippen LogP contribution in [0, 0.1) is 5.82 Å². The highest BCUT2D eigenvalue weighted by Gasteiger charge is 2.00. The van der Waals surface area contributed by atoms with Crippen molar-refractivity contribution in [3.63, 3.8) is 0 Å². The summed E-state index contributed by atoms with van der Waals surface area (Å²) in [6.07, 6.45) is 0. The van der Waals surface area contributed by atoms with Crippen molar-refractivity contribution in [1.29, 1.82) is 0 Å². The van der Waals surface area contributed by atoms with Crippen LogP contribution >= 0.6 is 27.5 Å². The molecule has 0 aromatic heterocycles. The molecule has 88 valence electrons. The topological polar surface area (TPSA) is 12.0 Å². The van der Waals surface area contributed by atoms with E-state index in [0.717, 1.165) is 16.3 Å². The van der Waals surface area contributed by atoms with Crippen LogP contribution in [-0.2, 0) is 6.54 Å². The molecule has 2 aromatic rings. The van der Waals surface area contributed by atoms with Gasteiger partial charge in [-0.15, -0.1) is 0 Å². The van der Waals surface area contributed by atoms with E-state index in [2.05, 4.69) is 21.2 Å². The molecule has 2 aromatic carbocycles. The fourth-order valence-electron chi connectivity index (χ4n) is 1.41. The van der Waals surface area contributed by atoms with Gasteiger partial charge in [-0.25, -0.2) is 4.39 Å². The molecule has 0 spiro atoms. The highest BCUT2D eigenvalue weighted by atomic mass is 79.9. The Morgan fingerprint density at radius 3 is 2.47 bits per heavy atom. The van der Waals surface area contributed by atoms with Crippen molar-refractivity contribution in [2.45, 2.75) is 6.54 Å². The second kappa shape index (κ2) is 5.52. The number of anilines is 1. The highest BCUT2D eigenvalue weighted by molar-refractivity contribution is 9.10. The first-order chi connectivity index (χ1) is 8.15. The van der Waals surface area contributed by atoms with Crippen LogP contribution in [0.1, 0.15) is 5.56 Å². The molecule has 0 radical (unpaired) electrons. The van der Waals surface area contributed by atoms with Gasteiger partial charge in [0.05, 0.1) is 4.47 Å². The Morgan fingerprint density at radius 1 is 1.12 bits per heavy atom. The van der Waals surface area contributed by atoms with Gasteiger partial charge in [-0.1, -0.05) is 23.7 Å². The van der Waals surface area contributed by atoms with Crippen LogP contribution in [0.15, 0.2) is 46.9 Å². The van der Waals surface area contributed by atoms with Gasteiger partial charge in [-0.05, 0) is 51.8 Å². The zero-order chi connectivity index (χ0) is 12.3. The van der Waals surface area contributed by atoms with Crippen molar-refractivity contribution >= 4 is 33.2 Å². The fraction of sp³-hybridized carbons (Fsp3) is 0.0769. The van der Waals surface area contributed by atoms with Gasteiger partial charge in [0.15, 0.2) is 0 Å². The van der Waals surface area contributed by atoms with Gasteiger partial charge in [-0.2, -0.15) is 0 Å². The lowest BCUT2D eigenvalue weighted by molar-refractivity contribution is 0.621. The number of hydrogen-bond donors (Lipinski definition) is 1. The number of rotatable bonds is 3. The molecule has 0 amide bonds. The molecule has 0 bridgehead atoms. The van der Waals surface area contributed by atoms with Gasteiger partial charge >= 0.3 is 0 Å². The van der Waals surface area contributed by atoms with Crippen molar-refractivity contribution in [2.24, 2.45) is 0 Å². The Labute approximate surface area is 113 Å². The molecule has 0 saturated carbocycles. The molecule has 0 fully saturated rings. The summed E-state index contributed by atoms with van der Waals surface area (Å²) >= 11 is 8.95. The maximum absolute atomic E-state index is 13.0. The average Bonchev–Trinajstić information content (AvgIpc) is 2.33. The van der Waals surface area contributed by atoms with Gasteiger partial charge in [0, 0.05) is 17.3 Å². The van der Waals surface area contributed by atoms with Crippen LogP contribution in [0.5, 0.6) is 0 Å². The fourth-order valence-corrected chi connectivity index (χ4v) is 1.92. The molecular weight excluding hydrogens is 305 g/mol. The van der Waals surface area contributed by atoms with Crippen molar-refractivity contribution in [1.82, 2.24) is 0 Å². The Balaban J connectivity index is 2.02. The lowest BCUT2D eigenvalue weighted by atomic mass is 10.2. The molecule has 0 heterocycles. The summed E-state index contributed by atoms with van der Waals surface area (Å²) in [6.45, 7) is 0.676. The summed E-state index contributed by atoms with van der Waals surface area (Å²) in [4.78, 5) is 0. The van der Waals surface area contributed by atoms with Crippen LogP contribution in [0.25, 0.3) is 0 Å². The lowest BCUT2D eigenvalue weighted by Gasteiger charge is -2.07. The molecule has 17 heavy (non-hydrogen) atoms. The molecule has 0 atom stereocenters. The Kier molecular flexibility index (Phi) is 4.02. The van der Waals surface area contributed by atoms with Crippen molar-refractivity contribution < 1.29 is 4.39 Å². The number of nitrogens with one attached hydrogen (secondary N) is 1. The summed E-state index contributed by atoms with van der Waals surface area (Å²) in [7, 11) is 0. The number of benzene rings is 2. The quantitative estimate of drug-likeness (QED) is 0.853. The Bertz CT molecular complexity index is 513. The minimum atomic E-state index is -0.262. The molecule has 1 nitrogen and oxygen atoms in total. The summed E-state index contributed by atoms with van der Waals surface area (Å²) in [5.41, 5.74) is 1.99. The average molecular weight is 315 g/mol. The van der Waals surface area contributed by atoms with Crippen LogP contribution in [0.2, 0.25) is 5.02 Å². The second-order valence-electron chi connectivity index (χ2n) is 3.61. The maximum atomic E-state index is 13.0. The first-order valence-corrected chi connectivity index (χ1v) is 6.25. The predicted molar refractivity (Wildman–Crippen MR) is 72.9 cm³/mol. The monoisotopic (exact) mass is 313 g/mol. The molecule has 0 unspecified atom stereocenters. The third-order valence-corrected chi connectivity index (χ3v) is 3.19. The molecule has 0 aliphatic rings. The number of halogens is 3. The van der Waals surface area contributed by atoms with E-state index in [4.69, 9.17) is 11.6 Å². The van der Waals surface area contributed by atoms with Gasteiger partial charge in [0.1, 0.15) is 5.82 Å². The standard InChI is InChI=1S/C13H10BrClFN/c14-12-7-11(5-6-13(12)16)17-8-9-1-3-10(15)4-2-9/h1-7,17H,8H2. The van der Waals surface area contributed by atoms with E-state index in [1.807, 2.05) is 24.3 Å². The molecule has 0 saturated heterocycles. The largest absolute Gasteiger partial charge is 0.381 e. The van der Waals surface area contributed by atoms with E-state index < -0.39 is 0 Å². The van der Waals surface area contributed by atoms with Crippen LogP contribution in [-0.4, -0.2) is 0 Å². The van der Waals surface area contributed by atoms with Crippen LogP contribution < -0.4 is 5.32 Å². The molecule has 0 aliphatic heterocycles. The molecule has 4 heteroatoms. The Hall–Kier alpha value is -1.06. The maximum Gasteiger partial charge on any atom is 0.137 e. The third kappa shape index (κ3) is 3.45. The van der Waals surface area contributed by atoms with E-state index in [0.29, 0.717) is 11.0 Å². The molecule has 2 rings (SSSR count). The number of hydrogen-bond acceptors (Lipinski definition) is 1. The van der Waals surface area contributed by atoms with Crippen LogP contribution in [0.4, 0.5) is 10.1 Å². The smallest absolute Gasteiger partial charge is 0.137 e. The van der Waals surface area contributed by atoms with Crippen molar-refractivity contribution in [3.8, 4) is 0 Å². The molecule has 0 aliphatic carbocycles. The minimum Gasteiger partial charge on any atom is -0.381 e. The van der Waals surface area contributed by atoms with E-state index in [-0.39, 0.29) is 5.82 Å². The summed E-state index contributed by atoms with van der Waals surface area (Å²) < 4.78 is 13.5. The zero-order valence-corrected chi connectivity index (χ0v) is 11.2. The SMILES string of the molecule is Fc1ccc(NCc2ccc(Cl)cc2)cc1Br. The summed E-state index contributed by atoms with van der Waals surface area (Å²) in [5.74, 6) is -0.262. The normalized spacial score (nSPS) is 10.3. The summed E-state index contributed by atoms with van der Waals surface area (Å²) in [6, 6.07) is 12.4. The van der Waals surface area contributed by atoms with Crippen LogP contribution in [0.3, 0.4) is 0 Å². The van der Waals surface area contributed by atoms with E-state index >= 15 is 0 Å². The second-order valence-corrected chi connectivity index (χ2v) is 4.90. The first kappa shape index (κ1) is 12.4. The minimum absolute atomic E-state index is 0.262. The lowest BCUT2D eigenvalue weighted by Crippen LogP contribution is -1.99. The van der Waals surface area contributed by atoms with E-state index in [1.54, 1.807) is 12.1 Å². The Morgan fingerprint density at radius 2 is 1.82 bits per heavy atom. The molecular formula is C13H10BrClFN. The molecule has 1 N–H and O–H groups in total. The van der Waals surface area contributed by atoms with Crippen molar-refractivity contribution in [2.75, 3.05) is 5.32 Å². The van der Waals surface area contributed by atoms with E-state index in [9.17, 15) is 4.39 Å². The third-order valence-electron chi connectivity index (χ3n) is 2.33. The van der Waals surface area contributed by atoms with Crippen molar-refractivity contribution in [3.05, 3.63) is 63.3 Å².